The summed E-state index contributed by atoms with van der Waals surface area (Å²) in [5.74, 6) is -1.94. The number of carbonyl (C=O) groups is 2. The lowest BCUT2D eigenvalue weighted by Crippen LogP contribution is -2.46. The maximum absolute atomic E-state index is 14.0. The molecule has 0 bridgehead atoms. The van der Waals surface area contributed by atoms with Crippen molar-refractivity contribution in [1.29, 1.82) is 0 Å². The maximum Gasteiger partial charge on any atom is 0.404 e. The second-order valence-electron chi connectivity index (χ2n) is 7.27. The van der Waals surface area contributed by atoms with Crippen LogP contribution in [0.25, 0.3) is 5.65 Å². The molecule has 0 saturated carbocycles. The van der Waals surface area contributed by atoms with Gasteiger partial charge in [0, 0.05) is 25.4 Å². The zero-order valence-electron chi connectivity index (χ0n) is 18.4. The molecule has 1 aromatic carbocycles. The first kappa shape index (κ1) is 25.2. The van der Waals surface area contributed by atoms with Crippen LogP contribution in [0.4, 0.5) is 13.6 Å². The van der Waals surface area contributed by atoms with Gasteiger partial charge in [-0.3, -0.25) is 9.20 Å². The van der Waals surface area contributed by atoms with Crippen molar-refractivity contribution in [1.82, 2.24) is 20.0 Å². The smallest absolute Gasteiger partial charge is 0.404 e. The molecular weight excluding hydrogens is 474 g/mol. The third-order valence-corrected chi connectivity index (χ3v) is 5.04. The normalized spacial score (nSPS) is 11.9. The van der Waals surface area contributed by atoms with Crippen LogP contribution in [0.15, 0.2) is 30.5 Å². The number of nitrogens with zero attached hydrogens (tertiary/aromatic N) is 2. The second kappa shape index (κ2) is 11.1. The summed E-state index contributed by atoms with van der Waals surface area (Å²) in [5, 5.41) is 14.0. The highest BCUT2D eigenvalue weighted by molar-refractivity contribution is 6.30. The van der Waals surface area contributed by atoms with E-state index in [2.05, 4.69) is 15.6 Å². The number of halogens is 3. The number of fused-ring (bicyclic) bond motifs is 1. The van der Waals surface area contributed by atoms with Crippen molar-refractivity contribution in [3.05, 3.63) is 64.1 Å². The van der Waals surface area contributed by atoms with Crippen molar-refractivity contribution in [3.8, 4) is 5.75 Å². The number of carbonyl (C=O) groups excluding carboxylic acids is 1. The molecule has 3 N–H and O–H groups in total. The Kier molecular flexibility index (Phi) is 8.24. The fourth-order valence-electron chi connectivity index (χ4n) is 3.27. The summed E-state index contributed by atoms with van der Waals surface area (Å²) in [5.41, 5.74) is 0.430. The third-order valence-electron chi connectivity index (χ3n) is 4.83. The Hall–Kier alpha value is -3.44. The molecule has 2 amide bonds. The molecule has 3 rings (SSSR count). The van der Waals surface area contributed by atoms with Gasteiger partial charge >= 0.3 is 6.09 Å². The van der Waals surface area contributed by atoms with E-state index in [0.29, 0.717) is 12.3 Å². The summed E-state index contributed by atoms with van der Waals surface area (Å²) in [6, 6.07) is 4.27. The molecule has 12 heteroatoms. The molecule has 0 radical (unpaired) electrons. The lowest BCUT2D eigenvalue weighted by atomic mass is 10.2. The van der Waals surface area contributed by atoms with Crippen molar-refractivity contribution in [3.63, 3.8) is 0 Å². The summed E-state index contributed by atoms with van der Waals surface area (Å²) >= 11 is 6.21. The van der Waals surface area contributed by atoms with Crippen molar-refractivity contribution in [2.45, 2.75) is 26.5 Å². The topological polar surface area (TPSA) is 114 Å². The number of benzene rings is 1. The summed E-state index contributed by atoms with van der Waals surface area (Å²) in [4.78, 5) is 28.3. The monoisotopic (exact) mass is 496 g/mol. The lowest BCUT2D eigenvalue weighted by molar-refractivity contribution is 0.0848. The van der Waals surface area contributed by atoms with Crippen LogP contribution in [0.3, 0.4) is 0 Å². The Morgan fingerprint density at radius 3 is 2.65 bits per heavy atom. The number of imidazole rings is 1. The van der Waals surface area contributed by atoms with Crippen LogP contribution in [0.2, 0.25) is 5.02 Å². The average Bonchev–Trinajstić information content (AvgIpc) is 3.10. The number of ether oxygens (including phenoxy) is 2. The van der Waals surface area contributed by atoms with Crippen LogP contribution in [0.1, 0.15) is 28.7 Å². The molecule has 34 heavy (non-hydrogen) atoms. The first-order valence-electron chi connectivity index (χ1n) is 10.3. The molecule has 3 aromatic rings. The van der Waals surface area contributed by atoms with E-state index < -0.39 is 36.3 Å². The molecule has 0 fully saturated rings. The van der Waals surface area contributed by atoms with Crippen molar-refractivity contribution >= 4 is 29.2 Å². The average molecular weight is 497 g/mol. The third kappa shape index (κ3) is 5.91. The Balaban J connectivity index is 1.89. The number of nitrogens with one attached hydrogen (secondary N) is 2. The van der Waals surface area contributed by atoms with Crippen LogP contribution in [0, 0.1) is 18.6 Å². The highest BCUT2D eigenvalue weighted by Gasteiger charge is 2.23. The molecule has 0 aliphatic heterocycles. The highest BCUT2D eigenvalue weighted by Crippen LogP contribution is 2.28. The summed E-state index contributed by atoms with van der Waals surface area (Å²) in [6.45, 7) is 3.35. The fraction of sp³-hybridized carbons (Fsp3) is 0.318. The first-order chi connectivity index (χ1) is 16.2. The van der Waals surface area contributed by atoms with E-state index in [9.17, 15) is 18.4 Å². The maximum atomic E-state index is 14.0. The van der Waals surface area contributed by atoms with Gasteiger partial charge in [-0.15, -0.1) is 0 Å². The minimum atomic E-state index is -1.23. The first-order valence-corrected chi connectivity index (χ1v) is 10.7. The van der Waals surface area contributed by atoms with Crippen molar-refractivity contribution in [2.75, 3.05) is 19.8 Å². The zero-order valence-corrected chi connectivity index (χ0v) is 19.2. The molecule has 1 unspecified atom stereocenters. The quantitative estimate of drug-likeness (QED) is 0.395. The predicted octanol–water partition coefficient (Wildman–Crippen LogP) is 3.56. The molecule has 2 aromatic heterocycles. The van der Waals surface area contributed by atoms with Crippen LogP contribution in [0.5, 0.6) is 5.75 Å². The Morgan fingerprint density at radius 2 is 2.00 bits per heavy atom. The number of hydrogen-bond donors (Lipinski definition) is 3. The number of hydrogen-bond acceptors (Lipinski definition) is 5. The molecule has 0 aliphatic carbocycles. The molecule has 0 spiro atoms. The van der Waals surface area contributed by atoms with Gasteiger partial charge in [-0.2, -0.15) is 0 Å². The van der Waals surface area contributed by atoms with E-state index in [-0.39, 0.29) is 40.8 Å². The molecule has 9 nitrogen and oxygen atoms in total. The van der Waals surface area contributed by atoms with E-state index >= 15 is 0 Å². The summed E-state index contributed by atoms with van der Waals surface area (Å²) < 4.78 is 40.3. The number of rotatable bonds is 10. The van der Waals surface area contributed by atoms with Gasteiger partial charge in [-0.05, 0) is 26.0 Å². The fourth-order valence-corrected chi connectivity index (χ4v) is 3.47. The van der Waals surface area contributed by atoms with Gasteiger partial charge in [0.05, 0.1) is 28.9 Å². The van der Waals surface area contributed by atoms with Gasteiger partial charge in [-0.25, -0.2) is 18.6 Å². The van der Waals surface area contributed by atoms with E-state index in [0.717, 1.165) is 12.1 Å². The van der Waals surface area contributed by atoms with Crippen LogP contribution in [-0.4, -0.2) is 52.3 Å². The van der Waals surface area contributed by atoms with Gasteiger partial charge in [-0.1, -0.05) is 17.7 Å². The van der Waals surface area contributed by atoms with Gasteiger partial charge in [0.1, 0.15) is 23.9 Å². The predicted molar refractivity (Wildman–Crippen MR) is 119 cm³/mol. The van der Waals surface area contributed by atoms with Crippen molar-refractivity contribution < 1.29 is 33.0 Å². The zero-order chi connectivity index (χ0) is 24.8. The van der Waals surface area contributed by atoms with E-state index in [4.69, 9.17) is 26.2 Å². The largest absolute Gasteiger partial charge is 0.485 e. The van der Waals surface area contributed by atoms with Gasteiger partial charge in [0.2, 0.25) is 0 Å². The summed E-state index contributed by atoms with van der Waals surface area (Å²) in [7, 11) is 0. The standard InChI is InChI=1S/C22H23ClF2N4O5/c1-3-33-10-14(8-26-22(31)32)28-21(30)19-12(2)27-20-18(7-13(23)9-29(19)20)34-11-15-16(24)5-4-6-17(15)25/h4-7,9,14,26H,3,8,10-11H2,1-2H3,(H,28,30)(H,31,32). The van der Waals surface area contributed by atoms with E-state index in [1.165, 1.54) is 22.7 Å². The van der Waals surface area contributed by atoms with Gasteiger partial charge in [0.25, 0.3) is 5.91 Å². The lowest BCUT2D eigenvalue weighted by Gasteiger charge is -2.18. The molecule has 0 aliphatic rings. The molecule has 1 atom stereocenters. The number of aromatic nitrogens is 2. The Bertz CT molecular complexity index is 1180. The van der Waals surface area contributed by atoms with Gasteiger partial charge in [0.15, 0.2) is 11.4 Å². The molecule has 182 valence electrons. The van der Waals surface area contributed by atoms with E-state index in [1.807, 2.05) is 0 Å². The minimum absolute atomic E-state index is 0.0693. The number of pyridine rings is 1. The SMILES string of the molecule is CCOCC(CNC(=O)O)NC(=O)c1c(C)nc2c(OCc3c(F)cccc3F)cc(Cl)cn12. The number of aryl methyl sites for hydroxylation is 1. The van der Waals surface area contributed by atoms with Crippen LogP contribution >= 0.6 is 11.6 Å². The van der Waals surface area contributed by atoms with E-state index in [1.54, 1.807) is 13.8 Å². The van der Waals surface area contributed by atoms with Gasteiger partial charge < -0.3 is 25.2 Å². The van der Waals surface area contributed by atoms with Crippen molar-refractivity contribution in [2.24, 2.45) is 0 Å². The number of amides is 2. The molecular formula is C22H23ClF2N4O5. The minimum Gasteiger partial charge on any atom is -0.485 e. The summed E-state index contributed by atoms with van der Waals surface area (Å²) in [6.07, 6.45) is 0.219. The Labute approximate surface area is 198 Å². The second-order valence-corrected chi connectivity index (χ2v) is 7.70. The Morgan fingerprint density at radius 1 is 1.29 bits per heavy atom. The molecule has 0 saturated heterocycles. The highest BCUT2D eigenvalue weighted by atomic mass is 35.5. The van der Waals surface area contributed by atoms with Crippen LogP contribution < -0.4 is 15.4 Å². The van der Waals surface area contributed by atoms with Crippen LogP contribution in [-0.2, 0) is 11.3 Å². The molecule has 2 heterocycles. The number of carboxylic acid groups (broad SMARTS) is 1.